The Morgan fingerprint density at radius 2 is 1.50 bits per heavy atom. The van der Waals surface area contributed by atoms with Gasteiger partial charge in [0.1, 0.15) is 0 Å². The molecule has 0 unspecified atom stereocenters. The van der Waals surface area contributed by atoms with E-state index in [1.54, 1.807) is 7.05 Å². The number of carbonyl (C=O) groups excluding carboxylic acids is 1. The summed E-state index contributed by atoms with van der Waals surface area (Å²) < 4.78 is 0. The first-order valence-electron chi connectivity index (χ1n) is 9.77. The summed E-state index contributed by atoms with van der Waals surface area (Å²) in [4.78, 5) is 21.1. The zero-order valence-electron chi connectivity index (χ0n) is 16.5. The molecule has 28 heavy (non-hydrogen) atoms. The summed E-state index contributed by atoms with van der Waals surface area (Å²) in [6.07, 6.45) is 0. The lowest BCUT2D eigenvalue weighted by molar-refractivity contribution is -0.120. The van der Waals surface area contributed by atoms with Gasteiger partial charge in [-0.25, -0.2) is 0 Å². The third-order valence-electron chi connectivity index (χ3n) is 4.87. The zero-order valence-corrected chi connectivity index (χ0v) is 16.5. The van der Waals surface area contributed by atoms with Gasteiger partial charge in [-0.3, -0.25) is 14.7 Å². The minimum absolute atomic E-state index is 0.0345. The minimum atomic E-state index is -0.0345. The standard InChI is InChI=1S/C22H29N5O/c1-23-22(25-17-21(28)24-16-19-8-4-2-5-9-19)27-14-12-26(13-15-27)18-20-10-6-3-7-11-20/h2-11H,12-18H2,1H3,(H,23,25)(H,24,28). The van der Waals surface area contributed by atoms with E-state index in [0.717, 1.165) is 44.2 Å². The Bertz CT molecular complexity index is 755. The number of benzene rings is 2. The van der Waals surface area contributed by atoms with Crippen molar-refractivity contribution in [3.8, 4) is 0 Å². The van der Waals surface area contributed by atoms with Crippen LogP contribution < -0.4 is 10.6 Å². The second-order valence-electron chi connectivity index (χ2n) is 6.91. The van der Waals surface area contributed by atoms with Gasteiger partial charge in [-0.05, 0) is 11.1 Å². The average Bonchev–Trinajstić information content (AvgIpc) is 2.75. The molecule has 0 aliphatic carbocycles. The summed E-state index contributed by atoms with van der Waals surface area (Å²) in [6.45, 7) is 5.51. The molecular weight excluding hydrogens is 350 g/mol. The highest BCUT2D eigenvalue weighted by molar-refractivity contribution is 5.86. The number of hydrogen-bond donors (Lipinski definition) is 2. The van der Waals surface area contributed by atoms with E-state index in [0.29, 0.717) is 6.54 Å². The van der Waals surface area contributed by atoms with E-state index < -0.39 is 0 Å². The van der Waals surface area contributed by atoms with Gasteiger partial charge >= 0.3 is 0 Å². The van der Waals surface area contributed by atoms with Crippen molar-refractivity contribution in [1.82, 2.24) is 20.4 Å². The summed E-state index contributed by atoms with van der Waals surface area (Å²) in [5, 5.41) is 6.12. The first-order chi connectivity index (χ1) is 13.7. The predicted octanol–water partition coefficient (Wildman–Crippen LogP) is 1.70. The Hall–Kier alpha value is -2.86. The number of aliphatic imine (C=N–C) groups is 1. The van der Waals surface area contributed by atoms with Gasteiger partial charge in [-0.1, -0.05) is 60.7 Å². The Balaban J connectivity index is 1.39. The normalized spacial score (nSPS) is 15.3. The van der Waals surface area contributed by atoms with Crippen LogP contribution in [0.2, 0.25) is 0 Å². The molecule has 6 heteroatoms. The molecule has 0 saturated carbocycles. The van der Waals surface area contributed by atoms with Crippen LogP contribution in [-0.2, 0) is 17.9 Å². The third kappa shape index (κ3) is 6.09. The van der Waals surface area contributed by atoms with Gasteiger partial charge < -0.3 is 15.5 Å². The summed E-state index contributed by atoms with van der Waals surface area (Å²) in [5.41, 5.74) is 2.43. The SMILES string of the molecule is CN=C(NCC(=O)NCc1ccccc1)N1CCN(Cc2ccccc2)CC1. The lowest BCUT2D eigenvalue weighted by Gasteiger charge is -2.36. The molecule has 1 aliphatic rings. The van der Waals surface area contributed by atoms with Crippen molar-refractivity contribution in [2.45, 2.75) is 13.1 Å². The van der Waals surface area contributed by atoms with Crippen LogP contribution in [0.15, 0.2) is 65.7 Å². The lowest BCUT2D eigenvalue weighted by Crippen LogP contribution is -2.53. The maximum atomic E-state index is 12.1. The van der Waals surface area contributed by atoms with Crippen molar-refractivity contribution in [2.75, 3.05) is 39.8 Å². The van der Waals surface area contributed by atoms with Gasteiger partial charge in [0.25, 0.3) is 0 Å². The van der Waals surface area contributed by atoms with E-state index in [9.17, 15) is 4.79 Å². The van der Waals surface area contributed by atoms with Crippen molar-refractivity contribution in [3.63, 3.8) is 0 Å². The molecule has 1 saturated heterocycles. The number of hydrogen-bond acceptors (Lipinski definition) is 3. The van der Waals surface area contributed by atoms with E-state index in [1.807, 2.05) is 36.4 Å². The number of nitrogens with zero attached hydrogens (tertiary/aromatic N) is 3. The highest BCUT2D eigenvalue weighted by Gasteiger charge is 2.19. The molecule has 3 rings (SSSR count). The van der Waals surface area contributed by atoms with E-state index >= 15 is 0 Å². The summed E-state index contributed by atoms with van der Waals surface area (Å²) in [6, 6.07) is 20.5. The molecule has 2 N–H and O–H groups in total. The highest BCUT2D eigenvalue weighted by Crippen LogP contribution is 2.08. The molecule has 148 valence electrons. The Morgan fingerprint density at radius 3 is 2.11 bits per heavy atom. The van der Waals surface area contributed by atoms with Crippen LogP contribution in [0, 0.1) is 0 Å². The Labute approximate surface area is 167 Å². The number of guanidine groups is 1. The molecule has 1 heterocycles. The van der Waals surface area contributed by atoms with Gasteiger partial charge in [0, 0.05) is 46.3 Å². The molecule has 1 fully saturated rings. The Kier molecular flexibility index (Phi) is 7.44. The maximum Gasteiger partial charge on any atom is 0.239 e. The number of nitrogens with one attached hydrogen (secondary N) is 2. The number of amides is 1. The van der Waals surface area contributed by atoms with Crippen LogP contribution >= 0.6 is 0 Å². The van der Waals surface area contributed by atoms with Crippen LogP contribution in [0.3, 0.4) is 0 Å². The fourth-order valence-corrected chi connectivity index (χ4v) is 3.31. The first kappa shape index (κ1) is 19.9. The van der Waals surface area contributed by atoms with Crippen LogP contribution in [-0.4, -0.2) is 61.4 Å². The zero-order chi connectivity index (χ0) is 19.6. The molecule has 0 aromatic heterocycles. The fraction of sp³-hybridized carbons (Fsp3) is 0.364. The van der Waals surface area contributed by atoms with E-state index in [1.165, 1.54) is 5.56 Å². The second kappa shape index (κ2) is 10.5. The lowest BCUT2D eigenvalue weighted by atomic mass is 10.2. The van der Waals surface area contributed by atoms with Crippen molar-refractivity contribution in [1.29, 1.82) is 0 Å². The topological polar surface area (TPSA) is 60.0 Å². The molecule has 0 atom stereocenters. The molecule has 0 spiro atoms. The number of rotatable bonds is 6. The Morgan fingerprint density at radius 1 is 0.893 bits per heavy atom. The van der Waals surface area contributed by atoms with Crippen molar-refractivity contribution in [3.05, 3.63) is 71.8 Å². The molecular formula is C22H29N5O. The van der Waals surface area contributed by atoms with Crippen LogP contribution in [0.25, 0.3) is 0 Å². The number of piperazine rings is 1. The van der Waals surface area contributed by atoms with Crippen LogP contribution in [0.5, 0.6) is 0 Å². The monoisotopic (exact) mass is 379 g/mol. The fourth-order valence-electron chi connectivity index (χ4n) is 3.31. The van der Waals surface area contributed by atoms with Gasteiger partial charge in [0.15, 0.2) is 5.96 Å². The highest BCUT2D eigenvalue weighted by atomic mass is 16.1. The second-order valence-corrected chi connectivity index (χ2v) is 6.91. The quantitative estimate of drug-likeness (QED) is 0.592. The summed E-state index contributed by atoms with van der Waals surface area (Å²) in [5.74, 6) is 0.752. The van der Waals surface area contributed by atoms with E-state index in [2.05, 4.69) is 49.7 Å². The van der Waals surface area contributed by atoms with E-state index in [-0.39, 0.29) is 12.5 Å². The molecule has 0 bridgehead atoms. The summed E-state index contributed by atoms with van der Waals surface area (Å²) >= 11 is 0. The third-order valence-corrected chi connectivity index (χ3v) is 4.87. The molecule has 1 amide bonds. The van der Waals surface area contributed by atoms with Gasteiger partial charge in [-0.2, -0.15) is 0 Å². The largest absolute Gasteiger partial charge is 0.350 e. The molecule has 0 radical (unpaired) electrons. The maximum absolute atomic E-state index is 12.1. The molecule has 2 aromatic rings. The van der Waals surface area contributed by atoms with Crippen molar-refractivity contribution < 1.29 is 4.79 Å². The predicted molar refractivity (Wildman–Crippen MR) is 113 cm³/mol. The average molecular weight is 380 g/mol. The van der Waals surface area contributed by atoms with Crippen molar-refractivity contribution in [2.24, 2.45) is 4.99 Å². The smallest absolute Gasteiger partial charge is 0.239 e. The molecule has 1 aliphatic heterocycles. The van der Waals surface area contributed by atoms with Gasteiger partial charge in [0.2, 0.25) is 5.91 Å². The molecule has 2 aromatic carbocycles. The van der Waals surface area contributed by atoms with Crippen LogP contribution in [0.4, 0.5) is 0 Å². The van der Waals surface area contributed by atoms with Crippen molar-refractivity contribution >= 4 is 11.9 Å². The minimum Gasteiger partial charge on any atom is -0.350 e. The summed E-state index contributed by atoms with van der Waals surface area (Å²) in [7, 11) is 1.76. The molecule has 6 nitrogen and oxygen atoms in total. The van der Waals surface area contributed by atoms with E-state index in [4.69, 9.17) is 0 Å². The van der Waals surface area contributed by atoms with Gasteiger partial charge in [0.05, 0.1) is 6.54 Å². The number of carbonyl (C=O) groups is 1. The van der Waals surface area contributed by atoms with Gasteiger partial charge in [-0.15, -0.1) is 0 Å². The van der Waals surface area contributed by atoms with Crippen LogP contribution in [0.1, 0.15) is 11.1 Å². The first-order valence-corrected chi connectivity index (χ1v) is 9.77.